The maximum Gasteiger partial charge on any atom is 0.306 e. The molecule has 2 fully saturated rings. The van der Waals surface area contributed by atoms with Crippen LogP contribution in [0.15, 0.2) is 0 Å². The zero-order valence-electron chi connectivity index (χ0n) is 19.6. The van der Waals surface area contributed by atoms with Crippen molar-refractivity contribution in [3.05, 3.63) is 0 Å². The molecule has 2 heterocycles. The number of esters is 1. The van der Waals surface area contributed by atoms with E-state index in [4.69, 9.17) is 14.2 Å². The average molecular weight is 523 g/mol. The van der Waals surface area contributed by atoms with Gasteiger partial charge in [0.2, 0.25) is 17.7 Å². The molecule has 0 unspecified atom stereocenters. The first-order valence-electron chi connectivity index (χ1n) is 11.2. The van der Waals surface area contributed by atoms with Crippen molar-refractivity contribution in [3.63, 3.8) is 0 Å². The third kappa shape index (κ3) is 7.53. The maximum atomic E-state index is 12.4. The molecule has 0 aromatic carbocycles. The minimum absolute atomic E-state index is 0.473. The molecule has 0 saturated carbocycles. The number of rotatable bonds is 9. The number of aliphatic hydroxyl groups is 6. The number of carbonyl (C=O) groups is 4. The summed E-state index contributed by atoms with van der Waals surface area (Å²) in [7, 11) is 0. The first-order valence-corrected chi connectivity index (χ1v) is 11.2. The minimum atomic E-state index is -1.68. The third-order valence-electron chi connectivity index (χ3n) is 5.67. The Morgan fingerprint density at radius 3 is 1.89 bits per heavy atom. The molecule has 2 rings (SSSR count). The highest BCUT2D eigenvalue weighted by Crippen LogP contribution is 2.23. The summed E-state index contributed by atoms with van der Waals surface area (Å²) in [5.74, 6) is -2.96. The molecule has 0 spiro atoms. The Morgan fingerprint density at radius 2 is 1.33 bits per heavy atom. The van der Waals surface area contributed by atoms with E-state index >= 15 is 0 Å². The molecule has 3 amide bonds. The molecule has 10 atom stereocenters. The van der Waals surface area contributed by atoms with Gasteiger partial charge >= 0.3 is 5.97 Å². The zero-order chi connectivity index (χ0) is 27.2. The molecular formula is C20H33N3O13. The fourth-order valence-corrected chi connectivity index (χ4v) is 3.91. The smallest absolute Gasteiger partial charge is 0.306 e. The maximum absolute atomic E-state index is 12.4. The summed E-state index contributed by atoms with van der Waals surface area (Å²) in [5.41, 5.74) is 0. The number of hydrogen-bond acceptors (Lipinski definition) is 13. The Kier molecular flexibility index (Phi) is 10.9. The van der Waals surface area contributed by atoms with Crippen molar-refractivity contribution in [2.45, 2.75) is 87.9 Å². The summed E-state index contributed by atoms with van der Waals surface area (Å²) in [6, 6.07) is -2.60. The highest BCUT2D eigenvalue weighted by molar-refractivity contribution is 5.81. The Morgan fingerprint density at radius 1 is 0.750 bits per heavy atom. The second-order valence-corrected chi connectivity index (χ2v) is 8.47. The van der Waals surface area contributed by atoms with Gasteiger partial charge in [0.05, 0.1) is 19.6 Å². The monoisotopic (exact) mass is 523 g/mol. The molecule has 2 saturated heterocycles. The van der Waals surface area contributed by atoms with Crippen LogP contribution in [0.3, 0.4) is 0 Å². The largest absolute Gasteiger partial charge is 0.457 e. The molecule has 2 aliphatic heterocycles. The summed E-state index contributed by atoms with van der Waals surface area (Å²) >= 11 is 0. The Labute approximate surface area is 205 Å². The van der Waals surface area contributed by atoms with Gasteiger partial charge in [-0.15, -0.1) is 0 Å². The summed E-state index contributed by atoms with van der Waals surface area (Å²) < 4.78 is 15.6. The Hall–Kier alpha value is -2.44. The van der Waals surface area contributed by atoms with E-state index in [1.165, 1.54) is 0 Å². The van der Waals surface area contributed by atoms with Gasteiger partial charge in [-0.2, -0.15) is 0 Å². The number of amides is 3. The predicted molar refractivity (Wildman–Crippen MR) is 114 cm³/mol. The molecule has 0 aromatic heterocycles. The van der Waals surface area contributed by atoms with Crippen molar-refractivity contribution >= 4 is 23.7 Å². The number of hydrogen-bond donors (Lipinski definition) is 9. The van der Waals surface area contributed by atoms with Gasteiger partial charge in [-0.3, -0.25) is 19.2 Å². The number of nitrogens with one attached hydrogen (secondary N) is 3. The van der Waals surface area contributed by atoms with Crippen molar-refractivity contribution in [1.82, 2.24) is 16.0 Å². The molecule has 16 nitrogen and oxygen atoms in total. The predicted octanol–water partition coefficient (Wildman–Crippen LogP) is -5.69. The summed E-state index contributed by atoms with van der Waals surface area (Å²) in [4.78, 5) is 47.5. The topological polar surface area (TPSA) is 253 Å². The van der Waals surface area contributed by atoms with Crippen molar-refractivity contribution in [3.8, 4) is 0 Å². The molecule has 206 valence electrons. The first kappa shape index (κ1) is 29.8. The van der Waals surface area contributed by atoms with E-state index in [-0.39, 0.29) is 0 Å². The highest BCUT2D eigenvalue weighted by Gasteiger charge is 2.47. The Bertz CT molecular complexity index is 799. The van der Waals surface area contributed by atoms with Crippen molar-refractivity contribution in [1.29, 1.82) is 0 Å². The van der Waals surface area contributed by atoms with E-state index in [2.05, 4.69) is 16.0 Å². The van der Waals surface area contributed by atoms with E-state index in [1.807, 2.05) is 0 Å². The van der Waals surface area contributed by atoms with Crippen LogP contribution in [0.4, 0.5) is 0 Å². The lowest BCUT2D eigenvalue weighted by Crippen LogP contribution is -2.68. The molecule has 36 heavy (non-hydrogen) atoms. The van der Waals surface area contributed by atoms with E-state index in [0.29, 0.717) is 0 Å². The fraction of sp³-hybridized carbons (Fsp3) is 0.800. The van der Waals surface area contributed by atoms with Crippen LogP contribution in [0.5, 0.6) is 0 Å². The van der Waals surface area contributed by atoms with Gasteiger partial charge in [0.1, 0.15) is 42.6 Å². The van der Waals surface area contributed by atoms with Gasteiger partial charge in [0.25, 0.3) is 0 Å². The quantitative estimate of drug-likeness (QED) is 0.128. The van der Waals surface area contributed by atoms with Crippen molar-refractivity contribution in [2.75, 3.05) is 13.2 Å². The normalized spacial score (nSPS) is 36.4. The average Bonchev–Trinajstić information content (AvgIpc) is 2.81. The molecule has 2 aliphatic rings. The van der Waals surface area contributed by atoms with Crippen molar-refractivity contribution in [2.24, 2.45) is 0 Å². The second-order valence-electron chi connectivity index (χ2n) is 8.47. The van der Waals surface area contributed by atoms with E-state index in [9.17, 15) is 49.8 Å². The number of aliphatic hydroxyl groups excluding tert-OH is 6. The SMILES string of the molecule is CC(=O)N[C@@H]1[C@@H](O)[C@H](O)[C@@H](CO)O[C@H]1NC(=O)CCC(=O)O[C@H]1[C@H](O)[C@@H](NC(C)=O)[C@@H](O)O[C@@H]1CO. The second kappa shape index (κ2) is 13.2. The molecule has 9 N–H and O–H groups in total. The van der Waals surface area contributed by atoms with Gasteiger partial charge in [0.15, 0.2) is 18.6 Å². The van der Waals surface area contributed by atoms with Gasteiger partial charge in [0, 0.05) is 20.3 Å². The van der Waals surface area contributed by atoms with Crippen LogP contribution < -0.4 is 16.0 Å². The van der Waals surface area contributed by atoms with Crippen LogP contribution in [0.25, 0.3) is 0 Å². The molecule has 0 bridgehead atoms. The van der Waals surface area contributed by atoms with Crippen LogP contribution in [-0.4, -0.2) is 129 Å². The van der Waals surface area contributed by atoms with Gasteiger partial charge < -0.3 is 60.8 Å². The molecular weight excluding hydrogens is 490 g/mol. The van der Waals surface area contributed by atoms with Crippen LogP contribution in [0.2, 0.25) is 0 Å². The minimum Gasteiger partial charge on any atom is -0.457 e. The summed E-state index contributed by atoms with van der Waals surface area (Å²) in [5, 5.41) is 66.4. The van der Waals surface area contributed by atoms with Crippen LogP contribution in [0.1, 0.15) is 26.7 Å². The molecule has 0 radical (unpaired) electrons. The highest BCUT2D eigenvalue weighted by atomic mass is 16.6. The lowest BCUT2D eigenvalue weighted by atomic mass is 9.95. The number of carbonyl (C=O) groups excluding carboxylic acids is 4. The zero-order valence-corrected chi connectivity index (χ0v) is 19.6. The standard InChI is InChI=1S/C20H33N3O13/c1-7(26)21-13-16(31)15(30)9(5-24)34-19(13)23-11(28)3-4-12(29)36-18-10(6-25)35-20(33)14(17(18)32)22-8(2)27/h9-10,13-20,24-25,30-33H,3-6H2,1-2H3,(H,21,26)(H,22,27)(H,23,28)/t9-,10-,13-,14-,15-,16-,17-,18-,19-,20+/m1/s1. The third-order valence-corrected chi connectivity index (χ3v) is 5.67. The van der Waals surface area contributed by atoms with Gasteiger partial charge in [-0.1, -0.05) is 0 Å². The number of ether oxygens (including phenoxy) is 3. The van der Waals surface area contributed by atoms with Crippen LogP contribution in [-0.2, 0) is 33.4 Å². The lowest BCUT2D eigenvalue weighted by molar-refractivity contribution is -0.259. The molecule has 0 aromatic rings. The lowest BCUT2D eigenvalue weighted by Gasteiger charge is -2.42. The molecule has 0 aliphatic carbocycles. The first-order chi connectivity index (χ1) is 16.9. The van der Waals surface area contributed by atoms with Gasteiger partial charge in [-0.25, -0.2) is 0 Å². The summed E-state index contributed by atoms with van der Waals surface area (Å²) in [6.07, 6.45) is -12.8. The van der Waals surface area contributed by atoms with Crippen LogP contribution >= 0.6 is 0 Å². The molecule has 16 heteroatoms. The van der Waals surface area contributed by atoms with E-state index in [0.717, 1.165) is 13.8 Å². The summed E-state index contributed by atoms with van der Waals surface area (Å²) in [6.45, 7) is 0.857. The van der Waals surface area contributed by atoms with Gasteiger partial charge in [-0.05, 0) is 0 Å². The Balaban J connectivity index is 1.97. The van der Waals surface area contributed by atoms with E-state index < -0.39 is 111 Å². The fourth-order valence-electron chi connectivity index (χ4n) is 3.91. The van der Waals surface area contributed by atoms with E-state index in [1.54, 1.807) is 0 Å². The van der Waals surface area contributed by atoms with Crippen molar-refractivity contribution < 1.29 is 64.0 Å². The van der Waals surface area contributed by atoms with Crippen LogP contribution in [0, 0.1) is 0 Å².